The number of amides is 2. The molecule has 116 valence electrons. The average molecular weight is 328 g/mol. The van der Waals surface area contributed by atoms with E-state index >= 15 is 0 Å². The average Bonchev–Trinajstić information content (AvgIpc) is 2.45. The molecule has 1 aromatic carbocycles. The summed E-state index contributed by atoms with van der Waals surface area (Å²) in [4.78, 5) is 24.5. The van der Waals surface area contributed by atoms with Gasteiger partial charge in [-0.15, -0.1) is 11.8 Å². The lowest BCUT2D eigenvalue weighted by molar-refractivity contribution is -0.136. The van der Waals surface area contributed by atoms with E-state index in [0.717, 1.165) is 4.90 Å². The van der Waals surface area contributed by atoms with Crippen LogP contribution in [0.15, 0.2) is 29.2 Å². The predicted molar refractivity (Wildman–Crippen MR) is 88.9 cm³/mol. The van der Waals surface area contributed by atoms with Crippen LogP contribution >= 0.6 is 23.5 Å². The van der Waals surface area contributed by atoms with E-state index in [1.165, 1.54) is 11.8 Å². The normalized spacial score (nSPS) is 13.3. The van der Waals surface area contributed by atoms with Crippen molar-refractivity contribution >= 4 is 41.0 Å². The largest absolute Gasteiger partial charge is 0.387 e. The van der Waals surface area contributed by atoms with Crippen LogP contribution in [0.1, 0.15) is 6.92 Å². The van der Waals surface area contributed by atoms with Crippen molar-refractivity contribution in [2.24, 2.45) is 0 Å². The van der Waals surface area contributed by atoms with Crippen molar-refractivity contribution in [1.82, 2.24) is 5.32 Å². The van der Waals surface area contributed by atoms with E-state index < -0.39 is 17.4 Å². The highest BCUT2D eigenvalue weighted by Crippen LogP contribution is 2.18. The number of rotatable bonds is 6. The summed E-state index contributed by atoms with van der Waals surface area (Å²) in [6.07, 6.45) is 3.79. The van der Waals surface area contributed by atoms with Gasteiger partial charge in [0.25, 0.3) is 0 Å². The zero-order chi connectivity index (χ0) is 15.9. The first-order valence-corrected chi connectivity index (χ1v) is 8.94. The van der Waals surface area contributed by atoms with Crippen molar-refractivity contribution in [3.63, 3.8) is 0 Å². The zero-order valence-electron chi connectivity index (χ0n) is 12.3. The standard InChI is InChI=1S/C14H20N2O3S2/c1-14(19,9-20-2)8-15-12(17)13(18)16-10-5-4-6-11(7-10)21-3/h4-7,19H,8-9H2,1-3H3,(H,15,17)(H,16,18). The fourth-order valence-corrected chi connectivity index (χ4v) is 2.79. The molecule has 1 aromatic rings. The number of thioether (sulfide) groups is 2. The Labute approximate surface area is 133 Å². The number of aliphatic hydroxyl groups is 1. The number of carbonyl (C=O) groups is 2. The maximum absolute atomic E-state index is 11.8. The lowest BCUT2D eigenvalue weighted by Crippen LogP contribution is -2.45. The SMILES string of the molecule is CSCC(C)(O)CNC(=O)C(=O)Nc1cccc(SC)c1. The van der Waals surface area contributed by atoms with Gasteiger partial charge in [0.05, 0.1) is 5.60 Å². The lowest BCUT2D eigenvalue weighted by Gasteiger charge is -2.22. The highest BCUT2D eigenvalue weighted by Gasteiger charge is 2.22. The van der Waals surface area contributed by atoms with Gasteiger partial charge in [-0.3, -0.25) is 9.59 Å². The second kappa shape index (κ2) is 8.31. The molecule has 0 aliphatic rings. The highest BCUT2D eigenvalue weighted by atomic mass is 32.2. The highest BCUT2D eigenvalue weighted by molar-refractivity contribution is 7.98. The molecule has 1 atom stereocenters. The molecule has 0 radical (unpaired) electrons. The predicted octanol–water partition coefficient (Wildman–Crippen LogP) is 1.58. The third-order valence-corrected chi connectivity index (χ3v) is 4.25. The molecule has 1 unspecified atom stereocenters. The van der Waals surface area contributed by atoms with Gasteiger partial charge < -0.3 is 15.7 Å². The number of carbonyl (C=O) groups excluding carboxylic acids is 2. The van der Waals surface area contributed by atoms with Crippen LogP contribution in [0.5, 0.6) is 0 Å². The van der Waals surface area contributed by atoms with E-state index in [4.69, 9.17) is 0 Å². The molecule has 0 aliphatic carbocycles. The molecular formula is C14H20N2O3S2. The minimum absolute atomic E-state index is 0.0327. The first-order valence-electron chi connectivity index (χ1n) is 6.32. The summed E-state index contributed by atoms with van der Waals surface area (Å²) in [6.45, 7) is 1.65. The van der Waals surface area contributed by atoms with Gasteiger partial charge in [-0.05, 0) is 37.6 Å². The Morgan fingerprint density at radius 1 is 1.29 bits per heavy atom. The van der Waals surface area contributed by atoms with Gasteiger partial charge in [-0.1, -0.05) is 6.07 Å². The van der Waals surface area contributed by atoms with Gasteiger partial charge in [-0.25, -0.2) is 0 Å². The van der Waals surface area contributed by atoms with E-state index in [1.807, 2.05) is 24.6 Å². The molecule has 0 aromatic heterocycles. The summed E-state index contributed by atoms with van der Waals surface area (Å²) in [6, 6.07) is 7.23. The molecule has 1 rings (SSSR count). The fourth-order valence-electron chi connectivity index (χ4n) is 1.60. The van der Waals surface area contributed by atoms with Crippen molar-refractivity contribution in [3.8, 4) is 0 Å². The van der Waals surface area contributed by atoms with Crippen LogP contribution in [0.4, 0.5) is 5.69 Å². The Balaban J connectivity index is 2.53. The van der Waals surface area contributed by atoms with Crippen LogP contribution in [0.25, 0.3) is 0 Å². The summed E-state index contributed by atoms with van der Waals surface area (Å²) in [7, 11) is 0. The van der Waals surface area contributed by atoms with Crippen LogP contribution in [-0.2, 0) is 9.59 Å². The van der Waals surface area contributed by atoms with Crippen LogP contribution in [0.2, 0.25) is 0 Å². The number of anilines is 1. The van der Waals surface area contributed by atoms with Crippen LogP contribution in [-0.4, -0.2) is 47.3 Å². The number of hydrogen-bond donors (Lipinski definition) is 3. The molecule has 0 bridgehead atoms. The van der Waals surface area contributed by atoms with Crippen molar-refractivity contribution < 1.29 is 14.7 Å². The second-order valence-corrected chi connectivity index (χ2v) is 6.54. The Hall–Kier alpha value is -1.18. The Morgan fingerprint density at radius 2 is 2.00 bits per heavy atom. The van der Waals surface area contributed by atoms with E-state index in [0.29, 0.717) is 11.4 Å². The van der Waals surface area contributed by atoms with Crippen molar-refractivity contribution in [1.29, 1.82) is 0 Å². The second-order valence-electron chi connectivity index (χ2n) is 4.80. The molecule has 0 saturated carbocycles. The molecule has 0 fully saturated rings. The first kappa shape index (κ1) is 17.9. The zero-order valence-corrected chi connectivity index (χ0v) is 13.9. The van der Waals surface area contributed by atoms with Gasteiger partial charge in [0.2, 0.25) is 0 Å². The summed E-state index contributed by atoms with van der Waals surface area (Å²) < 4.78 is 0. The summed E-state index contributed by atoms with van der Waals surface area (Å²) >= 11 is 3.02. The Kier molecular flexibility index (Phi) is 7.07. The maximum atomic E-state index is 11.8. The minimum atomic E-state index is -1.03. The fraction of sp³-hybridized carbons (Fsp3) is 0.429. The molecular weight excluding hydrogens is 308 g/mol. The quantitative estimate of drug-likeness (QED) is 0.546. The number of hydrogen-bond acceptors (Lipinski definition) is 5. The first-order chi connectivity index (χ1) is 9.88. The Morgan fingerprint density at radius 3 is 2.62 bits per heavy atom. The van der Waals surface area contributed by atoms with Crippen LogP contribution in [0.3, 0.4) is 0 Å². The van der Waals surface area contributed by atoms with E-state index in [9.17, 15) is 14.7 Å². The smallest absolute Gasteiger partial charge is 0.313 e. The van der Waals surface area contributed by atoms with Gasteiger partial charge in [0, 0.05) is 22.9 Å². The third-order valence-electron chi connectivity index (χ3n) is 2.62. The van der Waals surface area contributed by atoms with Gasteiger partial charge in [-0.2, -0.15) is 11.8 Å². The topological polar surface area (TPSA) is 78.4 Å². The van der Waals surface area contributed by atoms with Crippen LogP contribution < -0.4 is 10.6 Å². The van der Waals surface area contributed by atoms with Crippen LogP contribution in [0, 0.1) is 0 Å². The van der Waals surface area contributed by atoms with Gasteiger partial charge >= 0.3 is 11.8 Å². The molecule has 0 aliphatic heterocycles. The Bertz CT molecular complexity index is 507. The van der Waals surface area contributed by atoms with Crippen molar-refractivity contribution in [2.45, 2.75) is 17.4 Å². The summed E-state index contributed by atoms with van der Waals surface area (Å²) in [5.41, 5.74) is -0.466. The number of nitrogens with one attached hydrogen (secondary N) is 2. The molecule has 7 heteroatoms. The molecule has 3 N–H and O–H groups in total. The lowest BCUT2D eigenvalue weighted by atomic mass is 10.1. The minimum Gasteiger partial charge on any atom is -0.387 e. The van der Waals surface area contributed by atoms with E-state index in [-0.39, 0.29) is 6.54 Å². The van der Waals surface area contributed by atoms with Gasteiger partial charge in [0.1, 0.15) is 0 Å². The van der Waals surface area contributed by atoms with E-state index in [1.54, 1.807) is 30.8 Å². The summed E-state index contributed by atoms with van der Waals surface area (Å²) in [5.74, 6) is -1.02. The monoisotopic (exact) mass is 328 g/mol. The molecule has 0 heterocycles. The molecule has 0 saturated heterocycles. The molecule has 21 heavy (non-hydrogen) atoms. The third kappa shape index (κ3) is 6.41. The molecule has 2 amide bonds. The summed E-state index contributed by atoms with van der Waals surface area (Å²) in [5, 5.41) is 14.9. The van der Waals surface area contributed by atoms with E-state index in [2.05, 4.69) is 10.6 Å². The maximum Gasteiger partial charge on any atom is 0.313 e. The number of benzene rings is 1. The van der Waals surface area contributed by atoms with Crippen molar-refractivity contribution in [3.05, 3.63) is 24.3 Å². The van der Waals surface area contributed by atoms with Crippen molar-refractivity contribution in [2.75, 3.05) is 30.1 Å². The molecule has 0 spiro atoms. The molecule has 5 nitrogen and oxygen atoms in total. The van der Waals surface area contributed by atoms with Gasteiger partial charge in [0.15, 0.2) is 0 Å².